The van der Waals surface area contributed by atoms with E-state index in [1.807, 2.05) is 24.3 Å². The molecule has 0 fully saturated rings. The van der Waals surface area contributed by atoms with Crippen LogP contribution in [0.4, 0.5) is 10.2 Å². The van der Waals surface area contributed by atoms with Crippen LogP contribution in [0.25, 0.3) is 10.8 Å². The van der Waals surface area contributed by atoms with Crippen LogP contribution in [0, 0.1) is 5.82 Å². The van der Waals surface area contributed by atoms with Gasteiger partial charge in [0.1, 0.15) is 23.1 Å². The zero-order valence-corrected chi connectivity index (χ0v) is 15.3. The maximum Gasteiger partial charge on any atom is 0.335 e. The highest BCUT2D eigenvalue weighted by Crippen LogP contribution is 2.34. The van der Waals surface area contributed by atoms with E-state index in [4.69, 9.17) is 9.84 Å². The average molecular weight is 388 g/mol. The molecule has 0 radical (unpaired) electrons. The van der Waals surface area contributed by atoms with Gasteiger partial charge in [-0.1, -0.05) is 30.3 Å². The monoisotopic (exact) mass is 388 g/mol. The number of hydrogen-bond donors (Lipinski definition) is 2. The third-order valence-electron chi connectivity index (χ3n) is 4.44. The second kappa shape index (κ2) is 7.98. The lowest BCUT2D eigenvalue weighted by molar-refractivity contribution is 0.0697. The van der Waals surface area contributed by atoms with Crippen molar-refractivity contribution in [2.75, 3.05) is 5.32 Å². The molecule has 4 rings (SSSR count). The summed E-state index contributed by atoms with van der Waals surface area (Å²) in [6.45, 7) is 0.459. The summed E-state index contributed by atoms with van der Waals surface area (Å²) in [5, 5.41) is 14.0. The zero-order chi connectivity index (χ0) is 20.2. The van der Waals surface area contributed by atoms with Crippen LogP contribution in [-0.2, 0) is 6.54 Å². The third-order valence-corrected chi connectivity index (χ3v) is 4.44. The van der Waals surface area contributed by atoms with Gasteiger partial charge in [0, 0.05) is 18.8 Å². The predicted molar refractivity (Wildman–Crippen MR) is 109 cm³/mol. The van der Waals surface area contributed by atoms with Crippen molar-refractivity contribution in [3.63, 3.8) is 0 Å². The van der Waals surface area contributed by atoms with Gasteiger partial charge in [-0.05, 0) is 47.3 Å². The number of nitrogens with zero attached hydrogens (tertiary/aromatic N) is 1. The molecule has 0 aliphatic heterocycles. The summed E-state index contributed by atoms with van der Waals surface area (Å²) in [4.78, 5) is 15.4. The van der Waals surface area contributed by atoms with E-state index in [1.54, 1.807) is 42.6 Å². The fourth-order valence-corrected chi connectivity index (χ4v) is 3.02. The molecule has 6 heteroatoms. The third kappa shape index (κ3) is 4.16. The summed E-state index contributed by atoms with van der Waals surface area (Å²) in [5.74, 6) is 0.252. The molecule has 2 N–H and O–H groups in total. The highest BCUT2D eigenvalue weighted by molar-refractivity contribution is 5.97. The Kier molecular flexibility index (Phi) is 5.07. The molecular weight excluding hydrogens is 371 g/mol. The van der Waals surface area contributed by atoms with Gasteiger partial charge in [-0.25, -0.2) is 14.2 Å². The number of aromatic carboxylic acids is 1. The second-order valence-corrected chi connectivity index (χ2v) is 6.43. The number of pyridine rings is 1. The Bertz CT molecular complexity index is 1170. The van der Waals surface area contributed by atoms with E-state index >= 15 is 0 Å². The van der Waals surface area contributed by atoms with Gasteiger partial charge in [0.2, 0.25) is 0 Å². The number of carboxylic acid groups (broad SMARTS) is 1. The maximum absolute atomic E-state index is 13.5. The Morgan fingerprint density at radius 1 is 1.03 bits per heavy atom. The molecular formula is C23H17FN2O3. The number of ether oxygens (including phenoxy) is 1. The molecule has 29 heavy (non-hydrogen) atoms. The number of anilines is 1. The summed E-state index contributed by atoms with van der Waals surface area (Å²) >= 11 is 0. The van der Waals surface area contributed by atoms with E-state index in [0.717, 1.165) is 16.3 Å². The number of rotatable bonds is 6. The lowest BCUT2D eigenvalue weighted by atomic mass is 10.1. The van der Waals surface area contributed by atoms with Crippen LogP contribution >= 0.6 is 0 Å². The Morgan fingerprint density at radius 2 is 1.83 bits per heavy atom. The maximum atomic E-state index is 13.5. The molecule has 0 saturated heterocycles. The Hall–Kier alpha value is -3.93. The minimum atomic E-state index is -0.959. The van der Waals surface area contributed by atoms with E-state index in [9.17, 15) is 9.18 Å². The van der Waals surface area contributed by atoms with Crippen molar-refractivity contribution in [2.45, 2.75) is 6.54 Å². The van der Waals surface area contributed by atoms with Crippen molar-refractivity contribution < 1.29 is 19.0 Å². The molecule has 3 aromatic carbocycles. The number of fused-ring (bicyclic) bond motifs is 1. The van der Waals surface area contributed by atoms with Crippen molar-refractivity contribution >= 4 is 22.6 Å². The summed E-state index contributed by atoms with van der Waals surface area (Å²) in [6.07, 6.45) is 1.70. The minimum absolute atomic E-state index is 0.239. The molecule has 0 aliphatic rings. The minimum Gasteiger partial charge on any atom is -0.478 e. The summed E-state index contributed by atoms with van der Waals surface area (Å²) in [6, 6.07) is 20.1. The summed E-state index contributed by atoms with van der Waals surface area (Å²) in [5.41, 5.74) is 1.15. The molecule has 5 nitrogen and oxygen atoms in total. The first kappa shape index (κ1) is 18.4. The van der Waals surface area contributed by atoms with Gasteiger partial charge in [0.15, 0.2) is 0 Å². The van der Waals surface area contributed by atoms with E-state index < -0.39 is 5.97 Å². The van der Waals surface area contributed by atoms with E-state index in [1.165, 1.54) is 12.1 Å². The number of carbonyl (C=O) groups is 1. The number of aromatic nitrogens is 1. The smallest absolute Gasteiger partial charge is 0.335 e. The van der Waals surface area contributed by atoms with E-state index in [0.29, 0.717) is 23.9 Å². The molecule has 4 aromatic rings. The highest BCUT2D eigenvalue weighted by atomic mass is 19.1. The number of halogens is 1. The second-order valence-electron chi connectivity index (χ2n) is 6.43. The van der Waals surface area contributed by atoms with E-state index in [-0.39, 0.29) is 11.4 Å². The first-order valence-electron chi connectivity index (χ1n) is 8.97. The van der Waals surface area contributed by atoms with Gasteiger partial charge in [0.05, 0.1) is 10.9 Å². The molecule has 0 amide bonds. The van der Waals surface area contributed by atoms with Crippen LogP contribution in [0.1, 0.15) is 15.9 Å². The molecule has 144 valence electrons. The van der Waals surface area contributed by atoms with Crippen molar-refractivity contribution in [3.05, 3.63) is 95.9 Å². The number of hydrogen-bond acceptors (Lipinski definition) is 4. The topological polar surface area (TPSA) is 71.5 Å². The van der Waals surface area contributed by atoms with Crippen molar-refractivity contribution in [2.24, 2.45) is 0 Å². The van der Waals surface area contributed by atoms with Crippen molar-refractivity contribution in [1.29, 1.82) is 0 Å². The standard InChI is InChI=1S/C23H17FN2O3/c24-18-4-2-5-19(13-18)29-20-6-1-3-16-11-12-25-22(21(16)20)26-14-15-7-9-17(10-8-15)23(27)28/h1-13H,14H2,(H,25,26)(H,27,28). The first-order chi connectivity index (χ1) is 14.1. The van der Waals surface area contributed by atoms with Gasteiger partial charge in [0.25, 0.3) is 0 Å². The van der Waals surface area contributed by atoms with Crippen molar-refractivity contribution in [3.8, 4) is 11.5 Å². The Morgan fingerprint density at radius 3 is 2.59 bits per heavy atom. The molecule has 0 aliphatic carbocycles. The first-order valence-corrected chi connectivity index (χ1v) is 8.97. The molecule has 0 saturated carbocycles. The quantitative estimate of drug-likeness (QED) is 0.458. The molecule has 1 heterocycles. The fourth-order valence-electron chi connectivity index (χ4n) is 3.02. The number of carboxylic acids is 1. The van der Waals surface area contributed by atoms with Crippen LogP contribution in [0.15, 0.2) is 79.0 Å². The van der Waals surface area contributed by atoms with Crippen LogP contribution < -0.4 is 10.1 Å². The van der Waals surface area contributed by atoms with Gasteiger partial charge in [-0.15, -0.1) is 0 Å². The Balaban J connectivity index is 1.63. The highest BCUT2D eigenvalue weighted by Gasteiger charge is 2.10. The molecule has 0 spiro atoms. The lowest BCUT2D eigenvalue weighted by Gasteiger charge is -2.13. The van der Waals surface area contributed by atoms with Gasteiger partial charge in [-0.3, -0.25) is 0 Å². The molecule has 0 bridgehead atoms. The van der Waals surface area contributed by atoms with E-state index in [2.05, 4.69) is 10.3 Å². The van der Waals surface area contributed by atoms with Gasteiger partial charge in [-0.2, -0.15) is 0 Å². The molecule has 1 aromatic heterocycles. The Labute approximate surface area is 166 Å². The molecule has 0 unspecified atom stereocenters. The van der Waals surface area contributed by atoms with Crippen molar-refractivity contribution in [1.82, 2.24) is 4.98 Å². The average Bonchev–Trinajstić information content (AvgIpc) is 2.72. The SMILES string of the molecule is O=C(O)c1ccc(CNc2nccc3cccc(Oc4cccc(F)c4)c23)cc1. The predicted octanol–water partition coefficient (Wildman–Crippen LogP) is 5.48. The van der Waals surface area contributed by atoms with Crippen LogP contribution in [-0.4, -0.2) is 16.1 Å². The molecule has 0 atom stereocenters. The number of nitrogens with one attached hydrogen (secondary N) is 1. The number of benzene rings is 3. The summed E-state index contributed by atoms with van der Waals surface area (Å²) < 4.78 is 19.4. The van der Waals surface area contributed by atoms with Crippen LogP contribution in [0.2, 0.25) is 0 Å². The van der Waals surface area contributed by atoms with Gasteiger partial charge < -0.3 is 15.2 Å². The van der Waals surface area contributed by atoms with Crippen LogP contribution in [0.3, 0.4) is 0 Å². The van der Waals surface area contributed by atoms with Gasteiger partial charge >= 0.3 is 5.97 Å². The lowest BCUT2D eigenvalue weighted by Crippen LogP contribution is -2.03. The zero-order valence-electron chi connectivity index (χ0n) is 15.3. The van der Waals surface area contributed by atoms with Crippen LogP contribution in [0.5, 0.6) is 11.5 Å². The summed E-state index contributed by atoms with van der Waals surface area (Å²) in [7, 11) is 0. The fraction of sp³-hybridized carbons (Fsp3) is 0.0435. The normalized spacial score (nSPS) is 10.7. The largest absolute Gasteiger partial charge is 0.478 e.